The molecule has 1 fully saturated rings. The predicted molar refractivity (Wildman–Crippen MR) is 101 cm³/mol. The van der Waals surface area contributed by atoms with Crippen molar-refractivity contribution in [2.45, 2.75) is 44.6 Å². The molecule has 2 rings (SSSR count). The highest BCUT2D eigenvalue weighted by atomic mass is 32.1. The Hall–Kier alpha value is -1.93. The van der Waals surface area contributed by atoms with Gasteiger partial charge in [-0.25, -0.2) is 9.78 Å². The number of aliphatic carboxylic acids is 1. The Balaban J connectivity index is 0.000000592. The van der Waals surface area contributed by atoms with E-state index in [-0.39, 0.29) is 5.41 Å². The summed E-state index contributed by atoms with van der Waals surface area (Å²) in [6.07, 6.45) is -8.04. The van der Waals surface area contributed by atoms with Crippen LogP contribution in [0.2, 0.25) is 0 Å². The lowest BCUT2D eigenvalue weighted by Crippen LogP contribution is -2.57. The first-order chi connectivity index (χ1) is 14.0. The molecule has 31 heavy (non-hydrogen) atoms. The summed E-state index contributed by atoms with van der Waals surface area (Å²) in [7, 11) is 0. The molecule has 1 amide bonds. The number of hydrogen-bond acceptors (Lipinski definition) is 6. The molecule has 0 saturated carbocycles. The smallest absolute Gasteiger partial charge is 0.475 e. The second-order valence-corrected chi connectivity index (χ2v) is 8.67. The van der Waals surface area contributed by atoms with Gasteiger partial charge in [0.15, 0.2) is 0 Å². The van der Waals surface area contributed by atoms with Gasteiger partial charge in [-0.05, 0) is 0 Å². The van der Waals surface area contributed by atoms with Crippen molar-refractivity contribution in [2.24, 2.45) is 0 Å². The molecule has 1 aromatic rings. The Morgan fingerprint density at radius 3 is 2.10 bits per heavy atom. The van der Waals surface area contributed by atoms with E-state index in [9.17, 15) is 31.1 Å². The van der Waals surface area contributed by atoms with E-state index in [1.807, 2.05) is 20.8 Å². The summed E-state index contributed by atoms with van der Waals surface area (Å²) >= 11 is 1.21. The van der Waals surface area contributed by atoms with Gasteiger partial charge in [-0.3, -0.25) is 9.69 Å². The van der Waals surface area contributed by atoms with Crippen LogP contribution in [0.15, 0.2) is 6.20 Å². The van der Waals surface area contributed by atoms with Gasteiger partial charge < -0.3 is 15.7 Å². The van der Waals surface area contributed by atoms with E-state index in [0.29, 0.717) is 31.1 Å². The van der Waals surface area contributed by atoms with Gasteiger partial charge in [0, 0.05) is 38.1 Å². The van der Waals surface area contributed by atoms with Gasteiger partial charge in [0.05, 0.1) is 11.2 Å². The third kappa shape index (κ3) is 8.99. The van der Waals surface area contributed by atoms with E-state index in [0.717, 1.165) is 5.01 Å². The van der Waals surface area contributed by atoms with Crippen molar-refractivity contribution < 1.29 is 41.0 Å². The van der Waals surface area contributed by atoms with Gasteiger partial charge in [0.25, 0.3) is 5.91 Å². The van der Waals surface area contributed by atoms with E-state index in [1.54, 1.807) is 0 Å². The molecule has 2 heterocycles. The summed E-state index contributed by atoms with van der Waals surface area (Å²) in [5.74, 6) is -3.26. The molecule has 178 valence electrons. The Bertz CT molecular complexity index is 739. The Labute approximate surface area is 178 Å². The third-order valence-corrected chi connectivity index (χ3v) is 5.46. The summed E-state index contributed by atoms with van der Waals surface area (Å²) in [4.78, 5) is 26.9. The lowest BCUT2D eigenvalue weighted by atomic mass is 9.98. The first-order valence-electron chi connectivity index (χ1n) is 9.09. The zero-order chi connectivity index (χ0) is 24.0. The first-order valence-corrected chi connectivity index (χ1v) is 9.91. The van der Waals surface area contributed by atoms with Crippen LogP contribution in [0, 0.1) is 0 Å². The topological polar surface area (TPSA) is 94.6 Å². The minimum atomic E-state index is -5.08. The second kappa shape index (κ2) is 10.6. The number of hydrogen-bond donors (Lipinski definition) is 3. The monoisotopic (exact) mass is 478 g/mol. The number of carbonyl (C=O) groups is 2. The van der Waals surface area contributed by atoms with Crippen LogP contribution in [0.5, 0.6) is 0 Å². The fourth-order valence-corrected chi connectivity index (χ4v) is 3.34. The number of nitrogens with zero attached hydrogens (tertiary/aromatic N) is 2. The van der Waals surface area contributed by atoms with E-state index >= 15 is 0 Å². The minimum Gasteiger partial charge on any atom is -0.475 e. The molecule has 3 N–H and O–H groups in total. The van der Waals surface area contributed by atoms with E-state index in [4.69, 9.17) is 9.90 Å². The molecule has 7 nitrogen and oxygen atoms in total. The van der Waals surface area contributed by atoms with Crippen LogP contribution >= 0.6 is 11.3 Å². The number of amides is 1. The number of piperazine rings is 1. The van der Waals surface area contributed by atoms with Crippen LogP contribution in [0.1, 0.15) is 35.5 Å². The average Bonchev–Trinajstić information content (AvgIpc) is 3.12. The van der Waals surface area contributed by atoms with E-state index in [1.165, 1.54) is 22.4 Å². The number of alkyl halides is 6. The number of halogens is 6. The maximum absolute atomic E-state index is 13.3. The Morgan fingerprint density at radius 2 is 1.71 bits per heavy atom. The summed E-state index contributed by atoms with van der Waals surface area (Å²) in [5, 5.41) is 13.3. The van der Waals surface area contributed by atoms with Crippen LogP contribution in [0.3, 0.4) is 0 Å². The molecule has 14 heteroatoms. The molecule has 1 aliphatic heterocycles. The number of aromatic nitrogens is 1. The first kappa shape index (κ1) is 27.1. The normalized spacial score (nSPS) is 16.8. The number of nitrogens with one attached hydrogen (secondary N) is 2. The van der Waals surface area contributed by atoms with E-state index < -0.39 is 36.8 Å². The highest BCUT2D eigenvalue weighted by Crippen LogP contribution is 2.27. The van der Waals surface area contributed by atoms with E-state index in [2.05, 4.69) is 15.6 Å². The van der Waals surface area contributed by atoms with Crippen molar-refractivity contribution in [1.82, 2.24) is 20.5 Å². The van der Waals surface area contributed by atoms with Crippen molar-refractivity contribution in [3.63, 3.8) is 0 Å². The van der Waals surface area contributed by atoms with Crippen LogP contribution in [0.4, 0.5) is 26.3 Å². The van der Waals surface area contributed by atoms with Crippen LogP contribution in [0.25, 0.3) is 0 Å². The largest absolute Gasteiger partial charge is 0.490 e. The molecule has 1 atom stereocenters. The number of carboxylic acid groups (broad SMARTS) is 1. The highest BCUT2D eigenvalue weighted by Gasteiger charge is 2.44. The summed E-state index contributed by atoms with van der Waals surface area (Å²) in [6.45, 7) is 7.12. The van der Waals surface area contributed by atoms with Crippen LogP contribution in [-0.2, 0) is 10.2 Å². The lowest BCUT2D eigenvalue weighted by molar-refractivity contribution is -0.192. The van der Waals surface area contributed by atoms with Crippen molar-refractivity contribution >= 4 is 23.2 Å². The van der Waals surface area contributed by atoms with Gasteiger partial charge >= 0.3 is 18.3 Å². The lowest BCUT2D eigenvalue weighted by Gasteiger charge is -2.35. The van der Waals surface area contributed by atoms with Gasteiger partial charge in [0.1, 0.15) is 10.9 Å². The average molecular weight is 478 g/mol. The SMILES string of the molecule is CC(C)(C)c1ncc(C(=O)NCC(N2CCNCC2)C(F)(F)F)s1.O=C(O)C(F)(F)F. The molecule has 1 aromatic heterocycles. The van der Waals surface area contributed by atoms with Crippen molar-refractivity contribution in [1.29, 1.82) is 0 Å². The fourth-order valence-electron chi connectivity index (χ4n) is 2.45. The quantitative estimate of drug-likeness (QED) is 0.576. The van der Waals surface area contributed by atoms with Gasteiger partial charge in [-0.1, -0.05) is 20.8 Å². The Kier molecular flexibility index (Phi) is 9.26. The maximum atomic E-state index is 13.3. The number of thiazole rings is 1. The summed E-state index contributed by atoms with van der Waals surface area (Å²) < 4.78 is 71.6. The summed E-state index contributed by atoms with van der Waals surface area (Å²) in [5.41, 5.74) is -0.196. The minimum absolute atomic E-state index is 0.196. The molecule has 0 aromatic carbocycles. The molecule has 0 bridgehead atoms. The highest BCUT2D eigenvalue weighted by molar-refractivity contribution is 7.13. The zero-order valence-corrected chi connectivity index (χ0v) is 17.8. The molecular weight excluding hydrogens is 454 g/mol. The van der Waals surface area contributed by atoms with Crippen LogP contribution < -0.4 is 10.6 Å². The standard InChI is InChI=1S/C15H23F3N4OS.C2HF3O2/c1-14(2,3)13-21-8-10(24-13)12(23)20-9-11(15(16,17)18)22-6-4-19-5-7-22;3-2(4,5)1(6)7/h8,11,19H,4-7,9H2,1-3H3,(H,20,23);(H,6,7). The fraction of sp³-hybridized carbons (Fsp3) is 0.706. The van der Waals surface area contributed by atoms with Gasteiger partial charge in [0.2, 0.25) is 0 Å². The second-order valence-electron chi connectivity index (χ2n) is 7.64. The maximum Gasteiger partial charge on any atom is 0.490 e. The molecule has 0 spiro atoms. The molecule has 0 radical (unpaired) electrons. The van der Waals surface area contributed by atoms with Gasteiger partial charge in [-0.2, -0.15) is 26.3 Å². The Morgan fingerprint density at radius 1 is 1.19 bits per heavy atom. The van der Waals surface area contributed by atoms with Crippen LogP contribution in [-0.4, -0.2) is 78.0 Å². The molecule has 1 unspecified atom stereocenters. The molecule has 0 aliphatic carbocycles. The van der Waals surface area contributed by atoms with Gasteiger partial charge in [-0.15, -0.1) is 11.3 Å². The van der Waals surface area contributed by atoms with Crippen molar-refractivity contribution in [2.75, 3.05) is 32.7 Å². The zero-order valence-electron chi connectivity index (χ0n) is 17.0. The number of carboxylic acids is 1. The predicted octanol–water partition coefficient (Wildman–Crippen LogP) is 2.64. The number of carbonyl (C=O) groups excluding carboxylic acids is 1. The number of rotatable bonds is 4. The van der Waals surface area contributed by atoms with Crippen molar-refractivity contribution in [3.05, 3.63) is 16.1 Å². The molecule has 1 saturated heterocycles. The third-order valence-electron chi connectivity index (χ3n) is 4.04. The molecule has 1 aliphatic rings. The van der Waals surface area contributed by atoms with Crippen molar-refractivity contribution in [3.8, 4) is 0 Å². The molecular formula is C17H24F6N4O3S. The summed E-state index contributed by atoms with van der Waals surface area (Å²) in [6, 6.07) is -1.67.